The van der Waals surface area contributed by atoms with E-state index in [1.165, 1.54) is 5.56 Å². The maximum absolute atomic E-state index is 12.9. The number of rotatable bonds is 7. The summed E-state index contributed by atoms with van der Waals surface area (Å²) >= 11 is 11.9. The van der Waals surface area contributed by atoms with Crippen molar-refractivity contribution >= 4 is 45.0 Å². The fourth-order valence-electron chi connectivity index (χ4n) is 4.83. The lowest BCUT2D eigenvalue weighted by molar-refractivity contribution is 0.417. The second-order valence-electron chi connectivity index (χ2n) is 12.0. The molecule has 48 heavy (non-hydrogen) atoms. The molecule has 4 aromatic carbocycles. The number of benzene rings is 4. The van der Waals surface area contributed by atoms with Crippen LogP contribution in [0.25, 0.3) is 21.8 Å². The first-order chi connectivity index (χ1) is 22.5. The van der Waals surface area contributed by atoms with Crippen LogP contribution < -0.4 is 16.9 Å². The highest BCUT2D eigenvalue weighted by Crippen LogP contribution is 2.18. The first-order valence-electron chi connectivity index (χ1n) is 15.6. The number of halogens is 2. The third kappa shape index (κ3) is 10.9. The van der Waals surface area contributed by atoms with Gasteiger partial charge in [-0.3, -0.25) is 9.36 Å². The molecular weight excluding hydrogens is 643 g/mol. The molecule has 0 saturated heterocycles. The zero-order valence-corrected chi connectivity index (χ0v) is 28.6. The fourth-order valence-corrected chi connectivity index (χ4v) is 5.16. The van der Waals surface area contributed by atoms with Gasteiger partial charge in [0.2, 0.25) is 0 Å². The molecule has 0 radical (unpaired) electrons. The van der Waals surface area contributed by atoms with Gasteiger partial charge in [-0.1, -0.05) is 119 Å². The average molecular weight is 688 g/mol. The number of nitrogens with zero attached hydrogens (tertiary/aromatic N) is 3. The number of aromatic nitrogens is 3. The van der Waals surface area contributed by atoms with Gasteiger partial charge in [0.15, 0.2) is 5.89 Å². The Morgan fingerprint density at radius 3 is 1.75 bits per heavy atom. The van der Waals surface area contributed by atoms with Gasteiger partial charge in [-0.25, -0.2) is 14.8 Å². The smallest absolute Gasteiger partial charge is 0.346 e. The summed E-state index contributed by atoms with van der Waals surface area (Å²) in [5, 5.41) is 2.25. The summed E-state index contributed by atoms with van der Waals surface area (Å²) in [4.78, 5) is 33.6. The molecule has 6 rings (SSSR count). The van der Waals surface area contributed by atoms with E-state index in [1.54, 1.807) is 41.0 Å². The third-order valence-electron chi connectivity index (χ3n) is 7.07. The van der Waals surface area contributed by atoms with Gasteiger partial charge in [-0.2, -0.15) is 0 Å². The second kappa shape index (κ2) is 18.3. The molecule has 2 heterocycles. The topological polar surface area (TPSA) is 104 Å². The van der Waals surface area contributed by atoms with E-state index in [-0.39, 0.29) is 18.6 Å². The minimum absolute atomic E-state index is 0. The predicted octanol–water partition coefficient (Wildman–Crippen LogP) is 9.12. The van der Waals surface area contributed by atoms with Gasteiger partial charge in [0.25, 0.3) is 5.56 Å². The van der Waals surface area contributed by atoms with Crippen molar-refractivity contribution in [2.24, 2.45) is 17.6 Å². The largest absolute Gasteiger partial charge is 0.408 e. The molecule has 0 saturated carbocycles. The Bertz CT molecular complexity index is 2030. The van der Waals surface area contributed by atoms with Crippen LogP contribution in [-0.2, 0) is 25.9 Å². The van der Waals surface area contributed by atoms with Gasteiger partial charge in [0.05, 0.1) is 28.4 Å². The van der Waals surface area contributed by atoms with Gasteiger partial charge in [-0.15, -0.1) is 0 Å². The molecule has 0 aliphatic heterocycles. The third-order valence-corrected chi connectivity index (χ3v) is 7.54. The van der Waals surface area contributed by atoms with Crippen molar-refractivity contribution in [3.8, 4) is 0 Å². The highest BCUT2D eigenvalue weighted by atomic mass is 35.5. The molecule has 0 amide bonds. The van der Waals surface area contributed by atoms with Gasteiger partial charge >= 0.3 is 5.63 Å². The van der Waals surface area contributed by atoms with Crippen LogP contribution in [0.1, 0.15) is 58.0 Å². The molecule has 0 bridgehead atoms. The molecule has 9 heteroatoms. The van der Waals surface area contributed by atoms with E-state index in [9.17, 15) is 9.59 Å². The summed E-state index contributed by atoms with van der Waals surface area (Å²) in [5.74, 6) is 2.09. The van der Waals surface area contributed by atoms with Crippen LogP contribution in [0.2, 0.25) is 10.0 Å². The van der Waals surface area contributed by atoms with E-state index >= 15 is 0 Å². The van der Waals surface area contributed by atoms with Gasteiger partial charge in [0, 0.05) is 29.4 Å². The summed E-state index contributed by atoms with van der Waals surface area (Å²) in [6.07, 6.45) is 1.40. The molecular formula is C39H44Cl2N4O3. The first kappa shape index (κ1) is 38.2. The SMILES string of the molecule is C.CC(C)Cc1nc2cc(Cl)ccc2c(=O)n1Cc1ccccc1.CC(C)Cc1nc2cc(Cl)ccc2c(=O)o1.NCc1ccccc1. The molecule has 0 aliphatic carbocycles. The van der Waals surface area contributed by atoms with Gasteiger partial charge in [0.1, 0.15) is 5.82 Å². The summed E-state index contributed by atoms with van der Waals surface area (Å²) in [5.41, 5.74) is 8.54. The van der Waals surface area contributed by atoms with Crippen LogP contribution in [0.4, 0.5) is 0 Å². The molecule has 2 N–H and O–H groups in total. The van der Waals surface area contributed by atoms with Crippen LogP contribution in [0.15, 0.2) is 111 Å². The molecule has 0 spiro atoms. The fraction of sp³-hybridized carbons (Fsp3) is 0.282. The predicted molar refractivity (Wildman–Crippen MR) is 200 cm³/mol. The summed E-state index contributed by atoms with van der Waals surface area (Å²) < 4.78 is 6.91. The lowest BCUT2D eigenvalue weighted by Crippen LogP contribution is -2.26. The average Bonchev–Trinajstić information content (AvgIpc) is 3.03. The number of nitrogens with two attached hydrogens (primary N) is 1. The van der Waals surface area contributed by atoms with Gasteiger partial charge < -0.3 is 10.2 Å². The quantitative estimate of drug-likeness (QED) is 0.180. The van der Waals surface area contributed by atoms with Crippen LogP contribution in [-0.4, -0.2) is 14.5 Å². The molecule has 2 aromatic heterocycles. The zero-order chi connectivity index (χ0) is 33.9. The van der Waals surface area contributed by atoms with Crippen LogP contribution >= 0.6 is 23.2 Å². The minimum atomic E-state index is -0.350. The monoisotopic (exact) mass is 686 g/mol. The van der Waals surface area contributed by atoms with Crippen LogP contribution in [0.3, 0.4) is 0 Å². The summed E-state index contributed by atoms with van der Waals surface area (Å²) in [6.45, 7) is 9.52. The molecule has 0 aliphatic rings. The molecule has 0 unspecified atom stereocenters. The maximum atomic E-state index is 12.9. The number of hydrogen-bond donors (Lipinski definition) is 1. The van der Waals surface area contributed by atoms with Crippen LogP contribution in [0.5, 0.6) is 0 Å². The standard InChI is InChI=1S/C19H19ClN2O.C12H12ClNO2.C7H9N.CH4/c1-13(2)10-18-21-17-11-15(20)8-9-16(17)19(23)22(18)12-14-6-4-3-5-7-14;1-7(2)5-11-14-10-6-8(13)3-4-9(10)12(15)16-11;8-6-7-4-2-1-3-5-7;/h3-9,11,13H,10,12H2,1-2H3;3-4,6-7H,5H2,1-2H3;1-5H,6,8H2;1H4. The Kier molecular flexibility index (Phi) is 14.5. The Morgan fingerprint density at radius 1 is 0.708 bits per heavy atom. The minimum Gasteiger partial charge on any atom is -0.408 e. The van der Waals surface area contributed by atoms with Crippen molar-refractivity contribution in [3.63, 3.8) is 0 Å². The highest BCUT2D eigenvalue weighted by molar-refractivity contribution is 6.31. The molecule has 6 aromatic rings. The lowest BCUT2D eigenvalue weighted by atomic mass is 10.1. The summed E-state index contributed by atoms with van der Waals surface area (Å²) in [7, 11) is 0. The van der Waals surface area contributed by atoms with Crippen molar-refractivity contribution in [2.75, 3.05) is 0 Å². The molecule has 0 fully saturated rings. The molecule has 7 nitrogen and oxygen atoms in total. The van der Waals surface area contributed by atoms with E-state index in [0.29, 0.717) is 69.1 Å². The zero-order valence-electron chi connectivity index (χ0n) is 27.1. The molecule has 252 valence electrons. The van der Waals surface area contributed by atoms with Gasteiger partial charge in [-0.05, 0) is 59.4 Å². The van der Waals surface area contributed by atoms with E-state index < -0.39 is 0 Å². The number of fused-ring (bicyclic) bond motifs is 2. The lowest BCUT2D eigenvalue weighted by Gasteiger charge is -2.15. The normalized spacial score (nSPS) is 10.7. The first-order valence-corrected chi connectivity index (χ1v) is 16.4. The number of hydrogen-bond acceptors (Lipinski definition) is 6. The van der Waals surface area contributed by atoms with Crippen LogP contribution in [0, 0.1) is 11.8 Å². The van der Waals surface area contributed by atoms with Crippen molar-refractivity contribution in [3.05, 3.63) is 151 Å². The Morgan fingerprint density at radius 2 is 1.23 bits per heavy atom. The van der Waals surface area contributed by atoms with E-state index in [0.717, 1.165) is 17.8 Å². The van der Waals surface area contributed by atoms with E-state index in [1.807, 2.05) is 74.5 Å². The van der Waals surface area contributed by atoms with E-state index in [4.69, 9.17) is 38.3 Å². The summed E-state index contributed by atoms with van der Waals surface area (Å²) in [6, 6.07) is 30.2. The highest BCUT2D eigenvalue weighted by Gasteiger charge is 2.13. The Hall–Kier alpha value is -4.30. The molecule has 0 atom stereocenters. The second-order valence-corrected chi connectivity index (χ2v) is 12.9. The van der Waals surface area contributed by atoms with Crippen molar-refractivity contribution in [1.29, 1.82) is 0 Å². The Balaban J connectivity index is 0.000000216. The van der Waals surface area contributed by atoms with Crippen molar-refractivity contribution in [1.82, 2.24) is 14.5 Å². The Labute approximate surface area is 292 Å². The maximum Gasteiger partial charge on any atom is 0.346 e. The van der Waals surface area contributed by atoms with Crippen molar-refractivity contribution in [2.45, 2.75) is 61.1 Å². The van der Waals surface area contributed by atoms with Crippen molar-refractivity contribution < 1.29 is 4.42 Å². The van der Waals surface area contributed by atoms with E-state index in [2.05, 4.69) is 18.8 Å².